The molecule has 0 aliphatic rings. The van der Waals surface area contributed by atoms with Crippen LogP contribution in [0.25, 0.3) is 0 Å². The summed E-state index contributed by atoms with van der Waals surface area (Å²) >= 11 is 6.81. The van der Waals surface area contributed by atoms with Crippen LogP contribution in [-0.4, -0.2) is 26.6 Å². The molecule has 1 N–H and O–H groups in total. The Balaban J connectivity index is 2.25. The second-order valence-corrected chi connectivity index (χ2v) is 5.05. The van der Waals surface area contributed by atoms with Crippen LogP contribution in [0.1, 0.15) is 27.8 Å². The molecule has 2 aromatic heterocycles. The molecule has 0 fully saturated rings. The zero-order valence-electron chi connectivity index (χ0n) is 10.5. The first-order chi connectivity index (χ1) is 9.88. The lowest BCUT2D eigenvalue weighted by molar-refractivity contribution is -0.385. The number of hydrogen-bond donors (Lipinski definition) is 1. The van der Waals surface area contributed by atoms with E-state index in [4.69, 9.17) is 11.6 Å². The van der Waals surface area contributed by atoms with Crippen LogP contribution in [-0.2, 0) is 0 Å². The first-order valence-electron chi connectivity index (χ1n) is 5.46. The lowest BCUT2D eigenvalue weighted by Gasteiger charge is -2.03. The molecular weight excluding hydrogens is 320 g/mol. The molecule has 0 bridgehead atoms. The highest BCUT2D eigenvalue weighted by Gasteiger charge is 2.18. The Hall–Kier alpha value is -2.39. The maximum absolute atomic E-state index is 12.0. The monoisotopic (exact) mass is 326 g/mol. The molecule has 0 unspecified atom stereocenters. The molecule has 0 aromatic carbocycles. The fraction of sp³-hybridized carbons (Fsp3) is 0.0909. The van der Waals surface area contributed by atoms with Crippen LogP contribution in [0.5, 0.6) is 0 Å². The lowest BCUT2D eigenvalue weighted by Crippen LogP contribution is -2.13. The summed E-state index contributed by atoms with van der Waals surface area (Å²) in [6.45, 7) is 1.35. The van der Waals surface area contributed by atoms with Crippen LogP contribution in [0.2, 0.25) is 5.15 Å². The van der Waals surface area contributed by atoms with E-state index in [0.717, 1.165) is 23.6 Å². The molecule has 2 heterocycles. The van der Waals surface area contributed by atoms with E-state index in [9.17, 15) is 19.7 Å². The molecule has 21 heavy (non-hydrogen) atoms. The lowest BCUT2D eigenvalue weighted by atomic mass is 10.2. The number of ketones is 1. The predicted octanol–water partition coefficient (Wildman–Crippen LogP) is 2.55. The third-order valence-corrected chi connectivity index (χ3v) is 3.42. The molecule has 1 amide bonds. The molecule has 8 nitrogen and oxygen atoms in total. The van der Waals surface area contributed by atoms with Gasteiger partial charge in [0.2, 0.25) is 0 Å². The number of pyridine rings is 1. The van der Waals surface area contributed by atoms with Crippen molar-refractivity contribution < 1.29 is 14.5 Å². The van der Waals surface area contributed by atoms with Gasteiger partial charge in [0.05, 0.1) is 10.5 Å². The van der Waals surface area contributed by atoms with Gasteiger partial charge >= 0.3 is 0 Å². The number of hydrogen-bond acceptors (Lipinski definition) is 7. The van der Waals surface area contributed by atoms with Crippen molar-refractivity contribution in [2.45, 2.75) is 6.92 Å². The SMILES string of the molecule is CC(=O)c1csc(NC(=O)c2cc([N+](=O)[O-])cnc2Cl)n1. The third kappa shape index (κ3) is 3.38. The van der Waals surface area contributed by atoms with E-state index in [1.807, 2.05) is 0 Å². The topological polar surface area (TPSA) is 115 Å². The maximum atomic E-state index is 12.0. The Morgan fingerprint density at radius 1 is 1.48 bits per heavy atom. The van der Waals surface area contributed by atoms with Gasteiger partial charge in [-0.3, -0.25) is 25.0 Å². The summed E-state index contributed by atoms with van der Waals surface area (Å²) in [7, 11) is 0. The summed E-state index contributed by atoms with van der Waals surface area (Å²) in [6.07, 6.45) is 0.955. The Morgan fingerprint density at radius 3 is 2.76 bits per heavy atom. The van der Waals surface area contributed by atoms with Crippen molar-refractivity contribution in [3.05, 3.63) is 44.2 Å². The third-order valence-electron chi connectivity index (χ3n) is 2.37. The number of rotatable bonds is 4. The number of carbonyl (C=O) groups excluding carboxylic acids is 2. The number of anilines is 1. The van der Waals surface area contributed by atoms with E-state index in [0.29, 0.717) is 0 Å². The van der Waals surface area contributed by atoms with E-state index >= 15 is 0 Å². The van der Waals surface area contributed by atoms with Crippen molar-refractivity contribution in [1.29, 1.82) is 0 Å². The van der Waals surface area contributed by atoms with Crippen molar-refractivity contribution in [3.63, 3.8) is 0 Å². The largest absolute Gasteiger partial charge is 0.298 e. The molecule has 0 atom stereocenters. The quantitative estimate of drug-likeness (QED) is 0.399. The van der Waals surface area contributed by atoms with Crippen LogP contribution in [0, 0.1) is 10.1 Å². The van der Waals surface area contributed by atoms with Crippen LogP contribution in [0.3, 0.4) is 0 Å². The highest BCUT2D eigenvalue weighted by Crippen LogP contribution is 2.22. The minimum absolute atomic E-state index is 0.148. The van der Waals surface area contributed by atoms with E-state index in [1.165, 1.54) is 12.3 Å². The molecular formula is C11H7ClN4O4S. The average Bonchev–Trinajstić information content (AvgIpc) is 2.87. The number of amides is 1. The molecule has 0 aliphatic carbocycles. The molecule has 10 heteroatoms. The Kier molecular flexibility index (Phi) is 4.24. The Morgan fingerprint density at radius 2 is 2.19 bits per heavy atom. The van der Waals surface area contributed by atoms with Crippen molar-refractivity contribution >= 4 is 45.4 Å². The summed E-state index contributed by atoms with van der Waals surface area (Å²) in [5.41, 5.74) is -0.280. The summed E-state index contributed by atoms with van der Waals surface area (Å²) in [5.74, 6) is -0.928. The number of nitrogens with one attached hydrogen (secondary N) is 1. The minimum atomic E-state index is -0.694. The second-order valence-electron chi connectivity index (χ2n) is 3.84. The van der Waals surface area contributed by atoms with E-state index < -0.39 is 10.8 Å². The van der Waals surface area contributed by atoms with Gasteiger partial charge in [-0.15, -0.1) is 11.3 Å². The Bertz CT molecular complexity index is 746. The van der Waals surface area contributed by atoms with Crippen molar-refractivity contribution in [1.82, 2.24) is 9.97 Å². The first kappa shape index (κ1) is 15.0. The van der Waals surface area contributed by atoms with Gasteiger partial charge < -0.3 is 0 Å². The zero-order valence-corrected chi connectivity index (χ0v) is 12.1. The predicted molar refractivity (Wildman–Crippen MR) is 76.0 cm³/mol. The van der Waals surface area contributed by atoms with Gasteiger partial charge in [0.25, 0.3) is 11.6 Å². The van der Waals surface area contributed by atoms with Gasteiger partial charge in [-0.2, -0.15) is 0 Å². The first-order valence-corrected chi connectivity index (χ1v) is 6.72. The van der Waals surface area contributed by atoms with Gasteiger partial charge in [-0.1, -0.05) is 11.6 Å². The number of Topliss-reactive ketones (excluding diaryl/α,β-unsaturated/α-hetero) is 1. The smallest absolute Gasteiger partial charge is 0.288 e. The Labute approximate surface area is 126 Å². The van der Waals surface area contributed by atoms with Crippen LogP contribution in [0.15, 0.2) is 17.6 Å². The summed E-state index contributed by atoms with van der Waals surface area (Å²) < 4.78 is 0. The number of thiazole rings is 1. The van der Waals surface area contributed by atoms with E-state index in [-0.39, 0.29) is 33.0 Å². The van der Waals surface area contributed by atoms with Crippen molar-refractivity contribution in [2.24, 2.45) is 0 Å². The van der Waals surface area contributed by atoms with Crippen LogP contribution in [0.4, 0.5) is 10.8 Å². The van der Waals surface area contributed by atoms with Crippen molar-refractivity contribution in [2.75, 3.05) is 5.32 Å². The fourth-order valence-electron chi connectivity index (χ4n) is 1.35. The molecule has 2 rings (SSSR count). The van der Waals surface area contributed by atoms with Gasteiger partial charge in [-0.05, 0) is 0 Å². The normalized spacial score (nSPS) is 10.2. The molecule has 0 radical (unpaired) electrons. The molecule has 0 saturated carbocycles. The van der Waals surface area contributed by atoms with Gasteiger partial charge in [0.1, 0.15) is 17.0 Å². The number of halogens is 1. The summed E-state index contributed by atoms with van der Waals surface area (Å²) in [6, 6.07) is 1.02. The highest BCUT2D eigenvalue weighted by molar-refractivity contribution is 7.14. The number of carbonyl (C=O) groups is 2. The van der Waals surface area contributed by atoms with Gasteiger partial charge in [-0.25, -0.2) is 9.97 Å². The number of nitro groups is 1. The molecule has 2 aromatic rings. The van der Waals surface area contributed by atoms with Crippen molar-refractivity contribution in [3.8, 4) is 0 Å². The number of aromatic nitrogens is 2. The summed E-state index contributed by atoms with van der Waals surface area (Å²) in [5, 5.41) is 14.6. The van der Waals surface area contributed by atoms with Crippen LogP contribution < -0.4 is 5.32 Å². The van der Waals surface area contributed by atoms with E-state index in [1.54, 1.807) is 0 Å². The zero-order chi connectivity index (χ0) is 15.6. The average molecular weight is 327 g/mol. The highest BCUT2D eigenvalue weighted by atomic mass is 35.5. The van der Waals surface area contributed by atoms with E-state index in [2.05, 4.69) is 15.3 Å². The summed E-state index contributed by atoms with van der Waals surface area (Å²) in [4.78, 5) is 40.6. The number of nitrogens with zero attached hydrogens (tertiary/aromatic N) is 3. The fourth-order valence-corrected chi connectivity index (χ4v) is 2.29. The van der Waals surface area contributed by atoms with Gasteiger partial charge in [0, 0.05) is 18.4 Å². The standard InChI is InChI=1S/C11H7ClN4O4S/c1-5(17)8-4-21-11(14-8)15-10(18)7-2-6(16(19)20)3-13-9(7)12/h2-4H,1H3,(H,14,15,18). The maximum Gasteiger partial charge on any atom is 0.288 e. The molecule has 0 spiro atoms. The molecule has 0 saturated heterocycles. The molecule has 0 aliphatic heterocycles. The van der Waals surface area contributed by atoms with Crippen LogP contribution >= 0.6 is 22.9 Å². The molecule has 108 valence electrons. The second kappa shape index (κ2) is 5.94. The van der Waals surface area contributed by atoms with Gasteiger partial charge in [0.15, 0.2) is 10.9 Å². The minimum Gasteiger partial charge on any atom is -0.298 e.